The van der Waals surface area contributed by atoms with E-state index in [4.69, 9.17) is 14.2 Å². The molecule has 2 atom stereocenters. The third-order valence-corrected chi connectivity index (χ3v) is 5.13. The molecule has 39 heavy (non-hydrogen) atoms. The van der Waals surface area contributed by atoms with Crippen LogP contribution in [0, 0.1) is 0 Å². The number of hydrogen-bond acceptors (Lipinski definition) is 9. The number of carbonyl (C=O) groups is 5. The predicted octanol–water partition coefficient (Wildman–Crippen LogP) is 3.15. The second-order valence-electron chi connectivity index (χ2n) is 12.9. The summed E-state index contributed by atoms with van der Waals surface area (Å²) in [6, 6.07) is 0. The predicted molar refractivity (Wildman–Crippen MR) is 142 cm³/mol. The fourth-order valence-electron chi connectivity index (χ4n) is 3.09. The van der Waals surface area contributed by atoms with Gasteiger partial charge in [-0.2, -0.15) is 0 Å². The summed E-state index contributed by atoms with van der Waals surface area (Å²) < 4.78 is 15.7. The zero-order valence-electron chi connectivity index (χ0n) is 25.1. The molecule has 0 bridgehead atoms. The molecular formula is C26H47N3O10. The van der Waals surface area contributed by atoms with Crippen molar-refractivity contribution in [3.05, 3.63) is 0 Å². The van der Waals surface area contributed by atoms with Crippen molar-refractivity contribution >= 4 is 30.1 Å². The first kappa shape index (κ1) is 35.9. The largest absolute Gasteiger partial charge is 0.480 e. The maximum absolute atomic E-state index is 12.6. The van der Waals surface area contributed by atoms with Crippen molar-refractivity contribution in [1.29, 1.82) is 0 Å². The molecule has 2 amide bonds. The second kappa shape index (κ2) is 13.3. The summed E-state index contributed by atoms with van der Waals surface area (Å²) in [7, 11) is 0. The number of nitrogens with zero attached hydrogens (tertiary/aromatic N) is 1. The van der Waals surface area contributed by atoms with Crippen LogP contribution in [-0.4, -0.2) is 92.7 Å². The maximum Gasteiger partial charge on any atom is 0.408 e. The number of carbonyl (C=O) groups excluding carboxylic acids is 3. The Morgan fingerprint density at radius 3 is 1.15 bits per heavy atom. The lowest BCUT2D eigenvalue weighted by Crippen LogP contribution is -2.56. The van der Waals surface area contributed by atoms with Crippen LogP contribution < -0.4 is 10.6 Å². The van der Waals surface area contributed by atoms with E-state index in [1.165, 1.54) is 18.7 Å². The van der Waals surface area contributed by atoms with Gasteiger partial charge >= 0.3 is 30.1 Å². The van der Waals surface area contributed by atoms with Crippen molar-refractivity contribution in [2.75, 3.05) is 19.6 Å². The van der Waals surface area contributed by atoms with Gasteiger partial charge in [-0.1, -0.05) is 0 Å². The quantitative estimate of drug-likeness (QED) is 0.203. The summed E-state index contributed by atoms with van der Waals surface area (Å²) >= 11 is 0. The molecule has 0 aromatic carbocycles. The zero-order valence-corrected chi connectivity index (χ0v) is 25.1. The van der Waals surface area contributed by atoms with Crippen molar-refractivity contribution in [3.63, 3.8) is 0 Å². The molecule has 0 saturated carbocycles. The minimum absolute atomic E-state index is 0.0417. The number of nitrogens with one attached hydrogen (secondary N) is 2. The standard InChI is InChI=1S/C26H47N3O10/c1-22(2,3)37-17(30)16-29(14-12-25(10,18(31)32)27-20(35)38-23(4,5)6)15-13-26(11,19(33)34)28-21(36)39-24(7,8)9/h12-16H2,1-11H3,(H,27,35)(H,28,36)(H,31,32)(H,33,34). The first-order valence-corrected chi connectivity index (χ1v) is 12.7. The van der Waals surface area contributed by atoms with Crippen LogP contribution in [0.2, 0.25) is 0 Å². The molecule has 0 fully saturated rings. The molecule has 0 heterocycles. The number of esters is 1. The first-order valence-electron chi connectivity index (χ1n) is 12.7. The molecule has 13 nitrogen and oxygen atoms in total. The Kier molecular flexibility index (Phi) is 12.3. The Hall–Kier alpha value is -3.09. The minimum atomic E-state index is -1.76. The van der Waals surface area contributed by atoms with E-state index in [2.05, 4.69) is 10.6 Å². The number of carboxylic acid groups (broad SMARTS) is 2. The average Bonchev–Trinajstić information content (AvgIpc) is 2.65. The molecule has 0 aromatic heterocycles. The van der Waals surface area contributed by atoms with E-state index >= 15 is 0 Å². The van der Waals surface area contributed by atoms with Gasteiger partial charge in [0, 0.05) is 13.1 Å². The van der Waals surface area contributed by atoms with Crippen LogP contribution in [0.3, 0.4) is 0 Å². The van der Waals surface area contributed by atoms with Crippen molar-refractivity contribution in [3.8, 4) is 0 Å². The van der Waals surface area contributed by atoms with Gasteiger partial charge in [0.2, 0.25) is 0 Å². The third kappa shape index (κ3) is 15.2. The summed E-state index contributed by atoms with van der Waals surface area (Å²) in [4.78, 5) is 62.8. The van der Waals surface area contributed by atoms with Gasteiger partial charge in [0.25, 0.3) is 0 Å². The highest BCUT2D eigenvalue weighted by Gasteiger charge is 2.39. The number of carboxylic acids is 2. The highest BCUT2D eigenvalue weighted by molar-refractivity contribution is 5.84. The maximum atomic E-state index is 12.6. The van der Waals surface area contributed by atoms with Crippen LogP contribution in [0.15, 0.2) is 0 Å². The molecule has 0 aliphatic rings. The fourth-order valence-corrected chi connectivity index (χ4v) is 3.09. The summed E-state index contributed by atoms with van der Waals surface area (Å²) in [5.74, 6) is -3.27. The molecule has 4 N–H and O–H groups in total. The number of rotatable bonds is 12. The van der Waals surface area contributed by atoms with E-state index in [1.54, 1.807) is 62.3 Å². The topological polar surface area (TPSA) is 181 Å². The summed E-state index contributed by atoms with van der Waals surface area (Å²) in [6.07, 6.45) is -2.17. The molecule has 0 aromatic rings. The minimum Gasteiger partial charge on any atom is -0.480 e. The molecule has 0 saturated heterocycles. The summed E-state index contributed by atoms with van der Waals surface area (Å²) in [6.45, 7) is 17.1. The van der Waals surface area contributed by atoms with Gasteiger partial charge in [-0.05, 0) is 89.0 Å². The Morgan fingerprint density at radius 1 is 0.590 bits per heavy atom. The smallest absolute Gasteiger partial charge is 0.408 e. The molecule has 0 aliphatic heterocycles. The lowest BCUT2D eigenvalue weighted by atomic mass is 9.96. The van der Waals surface area contributed by atoms with Crippen molar-refractivity contribution in [2.45, 2.75) is 117 Å². The molecule has 13 heteroatoms. The van der Waals surface area contributed by atoms with Gasteiger partial charge in [-0.3, -0.25) is 9.69 Å². The third-order valence-electron chi connectivity index (χ3n) is 5.13. The Labute approximate surface area is 230 Å². The molecule has 0 spiro atoms. The van der Waals surface area contributed by atoms with Gasteiger partial charge < -0.3 is 35.1 Å². The van der Waals surface area contributed by atoms with E-state index in [9.17, 15) is 34.2 Å². The highest BCUT2D eigenvalue weighted by atomic mass is 16.6. The van der Waals surface area contributed by atoms with Gasteiger partial charge in [0.15, 0.2) is 0 Å². The number of alkyl carbamates (subject to hydrolysis) is 2. The molecule has 2 unspecified atom stereocenters. The van der Waals surface area contributed by atoms with Gasteiger partial charge in [0.1, 0.15) is 27.9 Å². The van der Waals surface area contributed by atoms with Crippen molar-refractivity contribution in [1.82, 2.24) is 15.5 Å². The van der Waals surface area contributed by atoms with Crippen LogP contribution in [0.5, 0.6) is 0 Å². The van der Waals surface area contributed by atoms with Gasteiger partial charge in [-0.25, -0.2) is 19.2 Å². The highest BCUT2D eigenvalue weighted by Crippen LogP contribution is 2.18. The Bertz CT molecular complexity index is 843. The van der Waals surface area contributed by atoms with Crippen LogP contribution >= 0.6 is 0 Å². The average molecular weight is 562 g/mol. The van der Waals surface area contributed by atoms with Crippen molar-refractivity contribution in [2.24, 2.45) is 0 Å². The molecular weight excluding hydrogens is 514 g/mol. The second-order valence-corrected chi connectivity index (χ2v) is 12.9. The van der Waals surface area contributed by atoms with E-state index < -0.39 is 58.0 Å². The monoisotopic (exact) mass is 561 g/mol. The zero-order chi connectivity index (χ0) is 31.0. The fraction of sp³-hybridized carbons (Fsp3) is 0.808. The van der Waals surface area contributed by atoms with Crippen LogP contribution in [0.1, 0.15) is 89.0 Å². The van der Waals surface area contributed by atoms with E-state index in [0.717, 1.165) is 0 Å². The summed E-state index contributed by atoms with van der Waals surface area (Å²) in [5.41, 5.74) is -6.02. The first-order chi connectivity index (χ1) is 17.3. The van der Waals surface area contributed by atoms with E-state index in [0.29, 0.717) is 0 Å². The van der Waals surface area contributed by atoms with Crippen LogP contribution in [0.25, 0.3) is 0 Å². The normalized spacial score (nSPS) is 15.4. The van der Waals surface area contributed by atoms with Gasteiger partial charge in [0.05, 0.1) is 6.54 Å². The Morgan fingerprint density at radius 2 is 0.897 bits per heavy atom. The lowest BCUT2D eigenvalue weighted by molar-refractivity contribution is -0.156. The number of aliphatic carboxylic acids is 2. The molecule has 226 valence electrons. The molecule has 0 rings (SSSR count). The van der Waals surface area contributed by atoms with Crippen LogP contribution in [0.4, 0.5) is 9.59 Å². The number of ether oxygens (including phenoxy) is 3. The molecule has 0 aliphatic carbocycles. The summed E-state index contributed by atoms with van der Waals surface area (Å²) in [5, 5.41) is 24.4. The van der Waals surface area contributed by atoms with Crippen LogP contribution in [-0.2, 0) is 28.6 Å². The SMILES string of the molecule is CC(C)(C)OC(=O)CN(CCC(C)(NC(=O)OC(C)(C)C)C(=O)O)CCC(C)(NC(=O)OC(C)(C)C)C(=O)O. The number of hydrogen-bond donors (Lipinski definition) is 4. The van der Waals surface area contributed by atoms with Crippen molar-refractivity contribution < 1.29 is 48.4 Å². The van der Waals surface area contributed by atoms with E-state index in [1.807, 2.05) is 0 Å². The number of amides is 2. The molecule has 0 radical (unpaired) electrons. The van der Waals surface area contributed by atoms with E-state index in [-0.39, 0.29) is 32.5 Å². The van der Waals surface area contributed by atoms with Gasteiger partial charge in [-0.15, -0.1) is 0 Å². The lowest BCUT2D eigenvalue weighted by Gasteiger charge is -2.33. The Balaban J connectivity index is 5.81.